The van der Waals surface area contributed by atoms with Crippen LogP contribution in [0.5, 0.6) is 0 Å². The Morgan fingerprint density at radius 2 is 2.07 bits per heavy atom. The number of nitrogens with one attached hydrogen (secondary N) is 1. The van der Waals surface area contributed by atoms with Crippen molar-refractivity contribution in [3.63, 3.8) is 0 Å². The molecule has 1 aliphatic heterocycles. The standard InChI is InChI=1S/C10H25N5/c1-3-8(12)10(13)9-6-14-4-5-15(9)7(2)11/h7-10,14H,3-6,11-13H2,1-2H3. The quantitative estimate of drug-likeness (QED) is 0.464. The SMILES string of the molecule is CCC(N)C(N)C1CNCCN1C(C)N. The second-order valence-electron chi connectivity index (χ2n) is 4.40. The molecule has 1 heterocycles. The van der Waals surface area contributed by atoms with E-state index in [-0.39, 0.29) is 24.3 Å². The minimum absolute atomic E-state index is 0.00574. The van der Waals surface area contributed by atoms with E-state index in [0.29, 0.717) is 0 Å². The molecule has 90 valence electrons. The van der Waals surface area contributed by atoms with Crippen molar-refractivity contribution in [1.82, 2.24) is 10.2 Å². The van der Waals surface area contributed by atoms with Crippen molar-refractivity contribution >= 4 is 0 Å². The first-order valence-corrected chi connectivity index (χ1v) is 5.81. The molecule has 0 saturated carbocycles. The molecule has 15 heavy (non-hydrogen) atoms. The number of nitrogens with two attached hydrogens (primary N) is 3. The Morgan fingerprint density at radius 1 is 1.40 bits per heavy atom. The fraction of sp³-hybridized carbons (Fsp3) is 1.00. The highest BCUT2D eigenvalue weighted by atomic mass is 15.3. The summed E-state index contributed by atoms with van der Waals surface area (Å²) >= 11 is 0. The molecule has 0 aromatic heterocycles. The molecule has 0 spiro atoms. The zero-order valence-electron chi connectivity index (χ0n) is 9.82. The van der Waals surface area contributed by atoms with Crippen molar-refractivity contribution in [2.75, 3.05) is 19.6 Å². The van der Waals surface area contributed by atoms with Gasteiger partial charge in [0, 0.05) is 37.8 Å². The number of rotatable bonds is 4. The molecule has 4 atom stereocenters. The summed E-state index contributed by atoms with van der Waals surface area (Å²) in [6.45, 7) is 6.88. The first kappa shape index (κ1) is 12.9. The first-order valence-electron chi connectivity index (χ1n) is 5.81. The lowest BCUT2D eigenvalue weighted by Crippen LogP contribution is -2.66. The second kappa shape index (κ2) is 5.77. The van der Waals surface area contributed by atoms with Gasteiger partial charge >= 0.3 is 0 Å². The Bertz CT molecular complexity index is 185. The lowest BCUT2D eigenvalue weighted by molar-refractivity contribution is 0.0923. The van der Waals surface area contributed by atoms with Crippen LogP contribution in [0.4, 0.5) is 0 Å². The predicted octanol–water partition coefficient (Wildman–Crippen LogP) is -1.37. The molecule has 1 fully saturated rings. The molecule has 1 saturated heterocycles. The molecule has 0 aromatic carbocycles. The van der Waals surface area contributed by atoms with Gasteiger partial charge in [-0.1, -0.05) is 6.92 Å². The summed E-state index contributed by atoms with van der Waals surface area (Å²) in [5, 5.41) is 3.35. The molecular weight excluding hydrogens is 190 g/mol. The Kier molecular flexibility index (Phi) is 4.95. The van der Waals surface area contributed by atoms with Gasteiger partial charge in [0.25, 0.3) is 0 Å². The normalized spacial score (nSPS) is 29.8. The molecule has 0 radical (unpaired) electrons. The van der Waals surface area contributed by atoms with Gasteiger partial charge in [0.1, 0.15) is 0 Å². The van der Waals surface area contributed by atoms with Crippen molar-refractivity contribution in [3.05, 3.63) is 0 Å². The smallest absolute Gasteiger partial charge is 0.0547 e. The third-order valence-corrected chi connectivity index (χ3v) is 3.26. The largest absolute Gasteiger partial charge is 0.326 e. The van der Waals surface area contributed by atoms with Gasteiger partial charge in [0.15, 0.2) is 0 Å². The van der Waals surface area contributed by atoms with Gasteiger partial charge in [-0.15, -0.1) is 0 Å². The van der Waals surface area contributed by atoms with E-state index >= 15 is 0 Å². The van der Waals surface area contributed by atoms with Crippen LogP contribution in [-0.4, -0.2) is 48.8 Å². The zero-order chi connectivity index (χ0) is 11.4. The molecule has 0 bridgehead atoms. The number of hydrogen-bond acceptors (Lipinski definition) is 5. The van der Waals surface area contributed by atoms with Crippen LogP contribution in [-0.2, 0) is 0 Å². The van der Waals surface area contributed by atoms with E-state index in [0.717, 1.165) is 26.1 Å². The summed E-state index contributed by atoms with van der Waals surface area (Å²) in [5.74, 6) is 0. The maximum Gasteiger partial charge on any atom is 0.0547 e. The lowest BCUT2D eigenvalue weighted by Gasteiger charge is -2.43. The summed E-state index contributed by atoms with van der Waals surface area (Å²) in [5.41, 5.74) is 18.1. The highest BCUT2D eigenvalue weighted by Gasteiger charge is 2.31. The average Bonchev–Trinajstić information content (AvgIpc) is 2.27. The van der Waals surface area contributed by atoms with E-state index in [9.17, 15) is 0 Å². The van der Waals surface area contributed by atoms with Crippen LogP contribution in [0.15, 0.2) is 0 Å². The van der Waals surface area contributed by atoms with Gasteiger partial charge in [0.05, 0.1) is 6.17 Å². The van der Waals surface area contributed by atoms with Crippen LogP contribution in [0.25, 0.3) is 0 Å². The van der Waals surface area contributed by atoms with Gasteiger partial charge in [-0.2, -0.15) is 0 Å². The van der Waals surface area contributed by atoms with E-state index in [1.807, 2.05) is 6.92 Å². The molecule has 5 heteroatoms. The predicted molar refractivity (Wildman–Crippen MR) is 63.3 cm³/mol. The van der Waals surface area contributed by atoms with Crippen LogP contribution in [0.3, 0.4) is 0 Å². The maximum atomic E-state index is 6.17. The first-order chi connectivity index (χ1) is 7.07. The number of hydrogen-bond donors (Lipinski definition) is 4. The summed E-state index contributed by atoms with van der Waals surface area (Å²) in [6, 6.07) is 0.304. The second-order valence-corrected chi connectivity index (χ2v) is 4.40. The van der Waals surface area contributed by atoms with Gasteiger partial charge in [-0.05, 0) is 13.3 Å². The average molecular weight is 215 g/mol. The summed E-state index contributed by atoms with van der Waals surface area (Å²) in [6.07, 6.45) is 0.956. The topological polar surface area (TPSA) is 93.3 Å². The van der Waals surface area contributed by atoms with E-state index in [4.69, 9.17) is 17.2 Å². The number of piperazine rings is 1. The zero-order valence-corrected chi connectivity index (χ0v) is 9.82. The molecule has 0 aromatic rings. The van der Waals surface area contributed by atoms with Crippen molar-refractivity contribution in [1.29, 1.82) is 0 Å². The van der Waals surface area contributed by atoms with E-state index in [2.05, 4.69) is 17.1 Å². The van der Waals surface area contributed by atoms with Crippen LogP contribution >= 0.6 is 0 Å². The van der Waals surface area contributed by atoms with Crippen LogP contribution in [0, 0.1) is 0 Å². The van der Waals surface area contributed by atoms with E-state index in [1.54, 1.807) is 0 Å². The lowest BCUT2D eigenvalue weighted by atomic mass is 9.96. The molecule has 4 unspecified atom stereocenters. The van der Waals surface area contributed by atoms with Gasteiger partial charge in [0.2, 0.25) is 0 Å². The Labute approximate surface area is 92.3 Å². The summed E-state index contributed by atoms with van der Waals surface area (Å²) < 4.78 is 0. The van der Waals surface area contributed by atoms with Crippen molar-refractivity contribution in [2.45, 2.75) is 44.6 Å². The monoisotopic (exact) mass is 215 g/mol. The molecule has 1 rings (SSSR count). The van der Waals surface area contributed by atoms with E-state index < -0.39 is 0 Å². The number of nitrogens with zero attached hydrogens (tertiary/aromatic N) is 1. The van der Waals surface area contributed by atoms with Crippen LogP contribution in [0.2, 0.25) is 0 Å². The Hall–Kier alpha value is -0.200. The van der Waals surface area contributed by atoms with Gasteiger partial charge < -0.3 is 22.5 Å². The molecule has 5 nitrogen and oxygen atoms in total. The molecule has 7 N–H and O–H groups in total. The third-order valence-electron chi connectivity index (χ3n) is 3.26. The fourth-order valence-electron chi connectivity index (χ4n) is 2.16. The van der Waals surface area contributed by atoms with Crippen molar-refractivity contribution in [3.8, 4) is 0 Å². The maximum absolute atomic E-state index is 6.17. The molecule has 0 amide bonds. The van der Waals surface area contributed by atoms with Crippen LogP contribution in [0.1, 0.15) is 20.3 Å². The van der Waals surface area contributed by atoms with Gasteiger partial charge in [-0.25, -0.2) is 0 Å². The Balaban J connectivity index is 2.62. The summed E-state index contributed by atoms with van der Waals surface area (Å²) in [7, 11) is 0. The van der Waals surface area contributed by atoms with Gasteiger partial charge in [-0.3, -0.25) is 4.90 Å². The minimum atomic E-state index is -0.00574. The summed E-state index contributed by atoms with van der Waals surface area (Å²) in [4.78, 5) is 2.25. The highest BCUT2D eigenvalue weighted by molar-refractivity contribution is 4.93. The molecular formula is C10H25N5. The minimum Gasteiger partial charge on any atom is -0.326 e. The molecule has 1 aliphatic rings. The fourth-order valence-corrected chi connectivity index (χ4v) is 2.16. The van der Waals surface area contributed by atoms with Crippen LogP contribution < -0.4 is 22.5 Å². The van der Waals surface area contributed by atoms with Crippen molar-refractivity contribution in [2.24, 2.45) is 17.2 Å². The van der Waals surface area contributed by atoms with E-state index in [1.165, 1.54) is 0 Å². The van der Waals surface area contributed by atoms with Crippen molar-refractivity contribution < 1.29 is 0 Å². The molecule has 0 aliphatic carbocycles. The highest BCUT2D eigenvalue weighted by Crippen LogP contribution is 2.11. The Morgan fingerprint density at radius 3 is 2.60 bits per heavy atom. The third kappa shape index (κ3) is 3.12.